The smallest absolute Gasteiger partial charge is 0.409 e. The molecule has 1 aromatic carbocycles. The number of hydrogen-bond acceptors (Lipinski definition) is 8. The summed E-state index contributed by atoms with van der Waals surface area (Å²) in [5, 5.41) is 3.15. The summed E-state index contributed by atoms with van der Waals surface area (Å²) in [7, 11) is 0. The summed E-state index contributed by atoms with van der Waals surface area (Å²) in [5.41, 5.74) is 17.9. The molecule has 1 aromatic rings. The Bertz CT molecular complexity index is 927. The van der Waals surface area contributed by atoms with E-state index in [4.69, 9.17) is 26.7 Å². The fourth-order valence-electron chi connectivity index (χ4n) is 4.24. The van der Waals surface area contributed by atoms with Gasteiger partial charge < -0.3 is 36.9 Å². The first-order chi connectivity index (χ1) is 17.4. The van der Waals surface area contributed by atoms with Crippen molar-refractivity contribution in [3.05, 3.63) is 41.9 Å². The molecule has 198 valence electrons. The molecule has 2 heterocycles. The Hall–Kier alpha value is -3.22. The van der Waals surface area contributed by atoms with Crippen LogP contribution in [0.2, 0.25) is 0 Å². The first-order valence-electron chi connectivity index (χ1n) is 12.2. The molecule has 0 aromatic heterocycles. The number of carbonyl (C=O) groups is 2. The van der Waals surface area contributed by atoms with E-state index >= 15 is 0 Å². The number of hydrogen-bond donors (Lipinski definition) is 4. The highest BCUT2D eigenvalue weighted by Crippen LogP contribution is 2.21. The predicted molar refractivity (Wildman–Crippen MR) is 134 cm³/mol. The third-order valence-electron chi connectivity index (χ3n) is 6.42. The highest BCUT2D eigenvalue weighted by Gasteiger charge is 2.28. The van der Waals surface area contributed by atoms with Crippen molar-refractivity contribution in [3.8, 4) is 0 Å². The minimum atomic E-state index is -0.753. The average molecular weight is 506 g/mol. The summed E-state index contributed by atoms with van der Waals surface area (Å²) in [6.07, 6.45) is 2.58. The number of nitrogens with one attached hydrogen (secondary N) is 1. The molecule has 2 saturated heterocycles. The van der Waals surface area contributed by atoms with Gasteiger partial charge in [0.1, 0.15) is 18.3 Å². The highest BCUT2D eigenvalue weighted by atomic mass is 19.1. The predicted octanol–water partition coefficient (Wildman–Crippen LogP) is 0.281. The third-order valence-corrected chi connectivity index (χ3v) is 6.42. The van der Waals surface area contributed by atoms with Crippen molar-refractivity contribution in [2.45, 2.75) is 18.9 Å². The van der Waals surface area contributed by atoms with Crippen LogP contribution in [0, 0.1) is 11.7 Å². The molecule has 36 heavy (non-hydrogen) atoms. The number of primary amides is 1. The van der Waals surface area contributed by atoms with Gasteiger partial charge in [0, 0.05) is 51.5 Å². The van der Waals surface area contributed by atoms with Crippen molar-refractivity contribution in [3.63, 3.8) is 0 Å². The van der Waals surface area contributed by atoms with Gasteiger partial charge in [-0.05, 0) is 43.0 Å². The van der Waals surface area contributed by atoms with Crippen molar-refractivity contribution < 1.29 is 23.5 Å². The van der Waals surface area contributed by atoms with Crippen LogP contribution in [0.15, 0.2) is 41.0 Å². The van der Waals surface area contributed by atoms with Crippen molar-refractivity contribution in [1.29, 1.82) is 0 Å². The number of carbonyl (C=O) groups excluding carboxylic acids is 2. The van der Waals surface area contributed by atoms with Crippen LogP contribution in [0.4, 0.5) is 14.9 Å². The Balaban J connectivity index is 1.49. The maximum absolute atomic E-state index is 13.1. The summed E-state index contributed by atoms with van der Waals surface area (Å²) in [6, 6.07) is 5.22. The van der Waals surface area contributed by atoms with Crippen LogP contribution in [0.1, 0.15) is 12.8 Å². The summed E-state index contributed by atoms with van der Waals surface area (Å²) < 4.78 is 23.9. The highest BCUT2D eigenvalue weighted by molar-refractivity contribution is 6.20. The Morgan fingerprint density at radius 2 is 1.83 bits per heavy atom. The molecule has 0 radical (unpaired) electrons. The molecule has 2 aliphatic heterocycles. The molecule has 1 atom stereocenters. The van der Waals surface area contributed by atoms with Crippen LogP contribution in [0.5, 0.6) is 0 Å². The van der Waals surface area contributed by atoms with Crippen LogP contribution in [-0.2, 0) is 14.3 Å². The SMILES string of the molecule is NC[C@H](N/C=C(/C(N)=O)C(N)=Nc1ccc(F)cc1)C1CCN(C(=O)OCCN2CCOCC2)CC1. The lowest BCUT2D eigenvalue weighted by atomic mass is 9.89. The monoisotopic (exact) mass is 505 g/mol. The van der Waals surface area contributed by atoms with E-state index in [1.54, 1.807) is 4.90 Å². The second kappa shape index (κ2) is 13.8. The van der Waals surface area contributed by atoms with Crippen LogP contribution in [0.25, 0.3) is 0 Å². The summed E-state index contributed by atoms with van der Waals surface area (Å²) in [4.78, 5) is 32.5. The van der Waals surface area contributed by atoms with Gasteiger partial charge in [0.05, 0.1) is 24.5 Å². The quantitative estimate of drug-likeness (QED) is 0.200. The molecule has 11 nitrogen and oxygen atoms in total. The number of amidine groups is 1. The second-order valence-corrected chi connectivity index (χ2v) is 8.80. The molecule has 2 aliphatic rings. The van der Waals surface area contributed by atoms with Gasteiger partial charge in [-0.3, -0.25) is 9.69 Å². The number of ether oxygens (including phenoxy) is 2. The fourth-order valence-corrected chi connectivity index (χ4v) is 4.24. The number of morpholine rings is 1. The number of benzene rings is 1. The van der Waals surface area contributed by atoms with Gasteiger partial charge in [-0.25, -0.2) is 14.2 Å². The lowest BCUT2D eigenvalue weighted by molar-refractivity contribution is -0.114. The van der Waals surface area contributed by atoms with Crippen LogP contribution in [-0.4, -0.2) is 92.8 Å². The normalized spacial score (nSPS) is 19.1. The summed E-state index contributed by atoms with van der Waals surface area (Å²) in [5.74, 6) is -1.07. The molecule has 0 saturated carbocycles. The second-order valence-electron chi connectivity index (χ2n) is 8.80. The van der Waals surface area contributed by atoms with Gasteiger partial charge in [-0.1, -0.05) is 0 Å². The number of halogens is 1. The van der Waals surface area contributed by atoms with E-state index in [9.17, 15) is 14.0 Å². The summed E-state index contributed by atoms with van der Waals surface area (Å²) >= 11 is 0. The zero-order chi connectivity index (χ0) is 25.9. The van der Waals surface area contributed by atoms with E-state index in [0.717, 1.165) is 25.9 Å². The number of likely N-dealkylation sites (tertiary alicyclic amines) is 1. The molecule has 7 N–H and O–H groups in total. The Morgan fingerprint density at radius 1 is 1.17 bits per heavy atom. The lowest BCUT2D eigenvalue weighted by Gasteiger charge is -2.35. The van der Waals surface area contributed by atoms with E-state index in [1.165, 1.54) is 30.5 Å². The maximum atomic E-state index is 13.1. The van der Waals surface area contributed by atoms with E-state index < -0.39 is 11.7 Å². The van der Waals surface area contributed by atoms with Crippen LogP contribution < -0.4 is 22.5 Å². The fraction of sp³-hybridized carbons (Fsp3) is 0.542. The molecular formula is C24H36FN7O4. The Morgan fingerprint density at radius 3 is 2.44 bits per heavy atom. The standard InChI is InChI=1S/C24H36FN7O4/c25-18-1-3-19(4-2-18)30-22(27)20(23(28)33)16-29-21(15-26)17-5-7-32(8-6-17)24(34)36-14-11-31-9-12-35-13-10-31/h1-4,16-17,21,29H,5-15,26H2,(H2,27,30)(H2,28,33)/b20-16+/t21-/m0/s1. The van der Waals surface area contributed by atoms with Gasteiger partial charge in [0.15, 0.2) is 0 Å². The average Bonchev–Trinajstić information content (AvgIpc) is 2.88. The lowest BCUT2D eigenvalue weighted by Crippen LogP contribution is -2.47. The molecular weight excluding hydrogens is 469 g/mol. The molecule has 2 fully saturated rings. The van der Waals surface area contributed by atoms with E-state index in [1.807, 2.05) is 0 Å². The number of aliphatic imine (C=N–C) groups is 1. The first-order valence-corrected chi connectivity index (χ1v) is 12.2. The molecule has 0 aliphatic carbocycles. The number of piperidine rings is 1. The van der Waals surface area contributed by atoms with Gasteiger partial charge in [-0.15, -0.1) is 0 Å². The number of amides is 2. The molecule has 3 rings (SSSR count). The molecule has 2 amide bonds. The number of nitrogens with zero attached hydrogens (tertiary/aromatic N) is 3. The van der Waals surface area contributed by atoms with Gasteiger partial charge >= 0.3 is 6.09 Å². The largest absolute Gasteiger partial charge is 0.448 e. The van der Waals surface area contributed by atoms with Crippen molar-refractivity contribution in [1.82, 2.24) is 15.1 Å². The zero-order valence-corrected chi connectivity index (χ0v) is 20.4. The Labute approximate surface area is 210 Å². The van der Waals surface area contributed by atoms with Gasteiger partial charge in [0.2, 0.25) is 0 Å². The molecule has 0 spiro atoms. The van der Waals surface area contributed by atoms with E-state index in [0.29, 0.717) is 51.7 Å². The Kier molecular flexibility index (Phi) is 10.5. The van der Waals surface area contributed by atoms with Crippen LogP contribution in [0.3, 0.4) is 0 Å². The van der Waals surface area contributed by atoms with Crippen molar-refractivity contribution in [2.75, 3.05) is 59.1 Å². The van der Waals surface area contributed by atoms with Crippen molar-refractivity contribution >= 4 is 23.5 Å². The van der Waals surface area contributed by atoms with Crippen molar-refractivity contribution in [2.24, 2.45) is 28.1 Å². The maximum Gasteiger partial charge on any atom is 0.409 e. The summed E-state index contributed by atoms with van der Waals surface area (Å²) in [6.45, 7) is 5.60. The van der Waals surface area contributed by atoms with Gasteiger partial charge in [0.25, 0.3) is 5.91 Å². The minimum absolute atomic E-state index is 0.000873. The molecule has 0 bridgehead atoms. The van der Waals surface area contributed by atoms with Gasteiger partial charge in [-0.2, -0.15) is 0 Å². The minimum Gasteiger partial charge on any atom is -0.448 e. The zero-order valence-electron chi connectivity index (χ0n) is 20.4. The van der Waals surface area contributed by atoms with Crippen LogP contribution >= 0.6 is 0 Å². The topological polar surface area (TPSA) is 162 Å². The van der Waals surface area contributed by atoms with E-state index in [2.05, 4.69) is 15.2 Å². The number of nitrogens with two attached hydrogens (primary N) is 3. The first kappa shape index (κ1) is 27.4. The molecule has 12 heteroatoms. The van der Waals surface area contributed by atoms with E-state index in [-0.39, 0.29) is 29.5 Å². The molecule has 0 unspecified atom stereocenters. The third kappa shape index (κ3) is 8.18. The number of rotatable bonds is 10.